The Morgan fingerprint density at radius 3 is 2.95 bits per heavy atom. The molecule has 1 aliphatic heterocycles. The number of nitrogens with zero attached hydrogens (tertiary/aromatic N) is 1. The first kappa shape index (κ1) is 15.1. The Morgan fingerprint density at radius 1 is 1.40 bits per heavy atom. The molecule has 1 aromatic rings. The van der Waals surface area contributed by atoms with Crippen molar-refractivity contribution in [3.63, 3.8) is 0 Å². The lowest BCUT2D eigenvalue weighted by atomic mass is 10.1. The molecule has 2 rings (SSSR count). The maximum atomic E-state index is 6.21. The molecule has 1 heterocycles. The van der Waals surface area contributed by atoms with Gasteiger partial charge in [0.2, 0.25) is 0 Å². The Hall–Kier alpha value is -1.30. The van der Waals surface area contributed by atoms with E-state index in [0.717, 1.165) is 43.0 Å². The number of para-hydroxylation sites is 1. The molecule has 0 spiro atoms. The molecule has 0 bridgehead atoms. The number of likely N-dealkylation sites (tertiary alicyclic amines) is 1. The standard InChI is InChI=1S/C15H24N2O3/c1-17-9-4-6-13(11-17)20-15-12(8-10-19-16)5-3-7-14(15)18-2/h3,5,7,13H,4,6,8-11,16H2,1-2H3. The number of likely N-dealkylation sites (N-methyl/N-ethyl adjacent to an activating group) is 1. The second-order valence-corrected chi connectivity index (χ2v) is 5.21. The van der Waals surface area contributed by atoms with Gasteiger partial charge in [0, 0.05) is 18.5 Å². The summed E-state index contributed by atoms with van der Waals surface area (Å²) in [5.41, 5.74) is 1.07. The highest BCUT2D eigenvalue weighted by Crippen LogP contribution is 2.33. The summed E-state index contributed by atoms with van der Waals surface area (Å²) in [6, 6.07) is 5.92. The van der Waals surface area contributed by atoms with E-state index in [2.05, 4.69) is 16.8 Å². The number of piperidine rings is 1. The molecule has 0 aliphatic carbocycles. The molecule has 2 N–H and O–H groups in total. The van der Waals surface area contributed by atoms with E-state index >= 15 is 0 Å². The van der Waals surface area contributed by atoms with Gasteiger partial charge in [0.05, 0.1) is 13.7 Å². The summed E-state index contributed by atoms with van der Waals surface area (Å²) in [6.07, 6.45) is 3.17. The minimum atomic E-state index is 0.211. The van der Waals surface area contributed by atoms with Gasteiger partial charge in [-0.05, 0) is 32.5 Å². The maximum absolute atomic E-state index is 6.21. The SMILES string of the molecule is COc1cccc(CCON)c1OC1CCCN(C)C1. The fraction of sp³-hybridized carbons (Fsp3) is 0.600. The fourth-order valence-corrected chi connectivity index (χ4v) is 2.60. The van der Waals surface area contributed by atoms with E-state index in [1.165, 1.54) is 0 Å². The summed E-state index contributed by atoms with van der Waals surface area (Å²) in [5, 5.41) is 0. The van der Waals surface area contributed by atoms with Gasteiger partial charge in [0.15, 0.2) is 11.5 Å². The third-order valence-corrected chi connectivity index (χ3v) is 3.64. The van der Waals surface area contributed by atoms with Gasteiger partial charge in [-0.25, -0.2) is 5.90 Å². The molecule has 0 saturated carbocycles. The zero-order valence-corrected chi connectivity index (χ0v) is 12.3. The monoisotopic (exact) mass is 280 g/mol. The Labute approximate surface area is 120 Å². The smallest absolute Gasteiger partial charge is 0.164 e. The number of benzene rings is 1. The molecule has 5 nitrogen and oxygen atoms in total. The summed E-state index contributed by atoms with van der Waals surface area (Å²) in [6.45, 7) is 2.55. The average molecular weight is 280 g/mol. The van der Waals surface area contributed by atoms with Crippen LogP contribution in [0.25, 0.3) is 0 Å². The molecule has 1 fully saturated rings. The summed E-state index contributed by atoms with van der Waals surface area (Å²) in [5.74, 6) is 6.72. The van der Waals surface area contributed by atoms with Crippen molar-refractivity contribution in [1.29, 1.82) is 0 Å². The highest BCUT2D eigenvalue weighted by Gasteiger charge is 2.21. The topological polar surface area (TPSA) is 57.0 Å². The van der Waals surface area contributed by atoms with Crippen molar-refractivity contribution in [2.45, 2.75) is 25.4 Å². The largest absolute Gasteiger partial charge is 0.493 e. The molecule has 1 aromatic carbocycles. The Morgan fingerprint density at radius 2 is 2.25 bits per heavy atom. The molecule has 1 unspecified atom stereocenters. The van der Waals surface area contributed by atoms with Crippen LogP contribution < -0.4 is 15.4 Å². The van der Waals surface area contributed by atoms with Crippen LogP contribution >= 0.6 is 0 Å². The van der Waals surface area contributed by atoms with Gasteiger partial charge >= 0.3 is 0 Å². The third kappa shape index (κ3) is 3.85. The number of hydrogen-bond donors (Lipinski definition) is 1. The van der Waals surface area contributed by atoms with Crippen molar-refractivity contribution in [3.05, 3.63) is 23.8 Å². The van der Waals surface area contributed by atoms with Crippen LogP contribution in [0.3, 0.4) is 0 Å². The van der Waals surface area contributed by atoms with Crippen LogP contribution in [0.5, 0.6) is 11.5 Å². The summed E-state index contributed by atoms with van der Waals surface area (Å²) in [4.78, 5) is 6.97. The van der Waals surface area contributed by atoms with E-state index in [1.54, 1.807) is 7.11 Å². The van der Waals surface area contributed by atoms with Crippen LogP contribution in [0.2, 0.25) is 0 Å². The van der Waals surface area contributed by atoms with Crippen molar-refractivity contribution in [2.75, 3.05) is 33.9 Å². The predicted molar refractivity (Wildman–Crippen MR) is 78.0 cm³/mol. The zero-order valence-electron chi connectivity index (χ0n) is 12.3. The summed E-state index contributed by atoms with van der Waals surface area (Å²) in [7, 11) is 3.79. The number of methoxy groups -OCH3 is 1. The molecule has 1 saturated heterocycles. The van der Waals surface area contributed by atoms with E-state index in [9.17, 15) is 0 Å². The van der Waals surface area contributed by atoms with Gasteiger partial charge in [-0.3, -0.25) is 0 Å². The lowest BCUT2D eigenvalue weighted by molar-refractivity contribution is 0.0987. The Balaban J connectivity index is 2.14. The molecular weight excluding hydrogens is 256 g/mol. The third-order valence-electron chi connectivity index (χ3n) is 3.64. The van der Waals surface area contributed by atoms with Crippen LogP contribution in [0.4, 0.5) is 0 Å². The van der Waals surface area contributed by atoms with Crippen molar-refractivity contribution in [1.82, 2.24) is 4.90 Å². The normalized spacial score (nSPS) is 19.9. The molecule has 0 radical (unpaired) electrons. The van der Waals surface area contributed by atoms with Crippen molar-refractivity contribution in [2.24, 2.45) is 5.90 Å². The lowest BCUT2D eigenvalue weighted by Gasteiger charge is -2.31. The van der Waals surface area contributed by atoms with Crippen LogP contribution in [-0.4, -0.2) is 44.9 Å². The van der Waals surface area contributed by atoms with Gasteiger partial charge < -0.3 is 19.2 Å². The van der Waals surface area contributed by atoms with Crippen molar-refractivity contribution in [3.8, 4) is 11.5 Å². The minimum Gasteiger partial charge on any atom is -0.493 e. The first-order valence-electron chi connectivity index (χ1n) is 7.07. The zero-order chi connectivity index (χ0) is 14.4. The molecule has 20 heavy (non-hydrogen) atoms. The quantitative estimate of drug-likeness (QED) is 0.802. The van der Waals surface area contributed by atoms with Crippen molar-refractivity contribution >= 4 is 0 Å². The number of rotatable bonds is 6. The lowest BCUT2D eigenvalue weighted by Crippen LogP contribution is -2.38. The summed E-state index contributed by atoms with van der Waals surface area (Å²) < 4.78 is 11.6. The molecule has 0 amide bonds. The molecule has 1 aliphatic rings. The molecule has 112 valence electrons. The van der Waals surface area contributed by atoms with Crippen LogP contribution in [0, 0.1) is 0 Å². The molecule has 0 aromatic heterocycles. The van der Waals surface area contributed by atoms with Crippen LogP contribution in [0.15, 0.2) is 18.2 Å². The van der Waals surface area contributed by atoms with E-state index < -0.39 is 0 Å². The molecule has 1 atom stereocenters. The first-order valence-corrected chi connectivity index (χ1v) is 7.07. The van der Waals surface area contributed by atoms with Gasteiger partial charge in [-0.2, -0.15) is 0 Å². The minimum absolute atomic E-state index is 0.211. The van der Waals surface area contributed by atoms with Gasteiger partial charge in [0.1, 0.15) is 6.10 Å². The maximum Gasteiger partial charge on any atom is 0.164 e. The van der Waals surface area contributed by atoms with Gasteiger partial charge in [0.25, 0.3) is 0 Å². The second kappa shape index (κ2) is 7.47. The van der Waals surface area contributed by atoms with E-state index in [1.807, 2.05) is 18.2 Å². The predicted octanol–water partition coefficient (Wildman–Crippen LogP) is 1.60. The highest BCUT2D eigenvalue weighted by atomic mass is 16.6. The molecular formula is C15H24N2O3. The van der Waals surface area contributed by atoms with Crippen LogP contribution in [0.1, 0.15) is 18.4 Å². The number of ether oxygens (including phenoxy) is 2. The fourth-order valence-electron chi connectivity index (χ4n) is 2.60. The second-order valence-electron chi connectivity index (χ2n) is 5.21. The van der Waals surface area contributed by atoms with Gasteiger partial charge in [-0.15, -0.1) is 0 Å². The number of nitrogens with two attached hydrogens (primary N) is 1. The molecule has 5 heteroatoms. The highest BCUT2D eigenvalue weighted by molar-refractivity contribution is 5.47. The Bertz CT molecular complexity index is 426. The van der Waals surface area contributed by atoms with Crippen molar-refractivity contribution < 1.29 is 14.3 Å². The summed E-state index contributed by atoms with van der Waals surface area (Å²) >= 11 is 0. The van der Waals surface area contributed by atoms with E-state index in [4.69, 9.17) is 15.4 Å². The van der Waals surface area contributed by atoms with E-state index in [-0.39, 0.29) is 6.10 Å². The average Bonchev–Trinajstić information content (AvgIpc) is 2.46. The Kier molecular flexibility index (Phi) is 5.64. The van der Waals surface area contributed by atoms with Crippen LogP contribution in [-0.2, 0) is 11.3 Å². The van der Waals surface area contributed by atoms with Gasteiger partial charge in [-0.1, -0.05) is 12.1 Å². The number of hydrogen-bond acceptors (Lipinski definition) is 5. The van der Waals surface area contributed by atoms with E-state index in [0.29, 0.717) is 13.0 Å². The first-order chi connectivity index (χ1) is 9.74.